The Morgan fingerprint density at radius 3 is 2.67 bits per heavy atom. The van der Waals surface area contributed by atoms with Crippen LogP contribution < -0.4 is 0 Å². The van der Waals surface area contributed by atoms with E-state index < -0.39 is 0 Å². The molecule has 0 atom stereocenters. The summed E-state index contributed by atoms with van der Waals surface area (Å²) < 4.78 is 1.76. The average molecular weight is 242 g/mol. The van der Waals surface area contributed by atoms with Gasteiger partial charge in [0, 0.05) is 12.6 Å². The normalized spacial score (nSPS) is 10.9. The minimum atomic E-state index is 0.470. The highest BCUT2D eigenvalue weighted by atomic mass is 16.1. The molecule has 0 fully saturated rings. The number of carbonyl (C=O) groups excluding carboxylic acids is 1. The molecule has 0 unspecified atom stereocenters. The molecule has 0 N–H and O–H groups in total. The van der Waals surface area contributed by atoms with Gasteiger partial charge in [0.25, 0.3) is 0 Å². The van der Waals surface area contributed by atoms with Crippen molar-refractivity contribution in [3.63, 3.8) is 0 Å². The molecule has 94 valence electrons. The summed E-state index contributed by atoms with van der Waals surface area (Å²) in [6.07, 6.45) is 2.48. The fourth-order valence-electron chi connectivity index (χ4n) is 2.12. The molecule has 1 heterocycles. The summed E-state index contributed by atoms with van der Waals surface area (Å²) in [5.41, 5.74) is 5.05. The maximum atomic E-state index is 11.1. The van der Waals surface area contributed by atoms with Crippen LogP contribution in [0.15, 0.2) is 24.4 Å². The van der Waals surface area contributed by atoms with Gasteiger partial charge in [-0.3, -0.25) is 9.48 Å². The van der Waals surface area contributed by atoms with Gasteiger partial charge in [0.1, 0.15) is 0 Å². The quantitative estimate of drug-likeness (QED) is 0.774. The van der Waals surface area contributed by atoms with Crippen molar-refractivity contribution >= 4 is 6.29 Å². The second-order valence-corrected chi connectivity index (χ2v) is 4.92. The molecular weight excluding hydrogens is 224 g/mol. The molecule has 18 heavy (non-hydrogen) atoms. The van der Waals surface area contributed by atoms with E-state index in [0.717, 1.165) is 23.1 Å². The summed E-state index contributed by atoms with van der Waals surface area (Å²) in [4.78, 5) is 11.1. The smallest absolute Gasteiger partial charge is 0.153 e. The molecule has 0 saturated carbocycles. The Morgan fingerprint density at radius 1 is 1.33 bits per heavy atom. The van der Waals surface area contributed by atoms with Crippen LogP contribution in [0.3, 0.4) is 0 Å². The molecule has 0 bridgehead atoms. The number of carbonyl (C=O) groups is 1. The molecule has 0 aliphatic carbocycles. The van der Waals surface area contributed by atoms with Crippen molar-refractivity contribution in [2.24, 2.45) is 7.05 Å². The van der Waals surface area contributed by atoms with E-state index in [-0.39, 0.29) is 0 Å². The zero-order chi connectivity index (χ0) is 13.3. The van der Waals surface area contributed by atoms with Gasteiger partial charge in [-0.1, -0.05) is 26.0 Å². The van der Waals surface area contributed by atoms with Crippen LogP contribution in [0.4, 0.5) is 0 Å². The topological polar surface area (TPSA) is 34.9 Å². The van der Waals surface area contributed by atoms with E-state index >= 15 is 0 Å². The minimum absolute atomic E-state index is 0.470. The van der Waals surface area contributed by atoms with Gasteiger partial charge in [-0.05, 0) is 30.0 Å². The Balaban J connectivity index is 2.66. The van der Waals surface area contributed by atoms with Crippen LogP contribution in [0, 0.1) is 6.92 Å². The number of hydrogen-bond donors (Lipinski definition) is 0. The summed E-state index contributed by atoms with van der Waals surface area (Å²) in [7, 11) is 1.86. The van der Waals surface area contributed by atoms with Crippen LogP contribution in [-0.2, 0) is 7.05 Å². The molecule has 2 rings (SSSR count). The lowest BCUT2D eigenvalue weighted by Crippen LogP contribution is -1.99. The van der Waals surface area contributed by atoms with E-state index in [9.17, 15) is 4.79 Å². The molecule has 0 radical (unpaired) electrons. The third kappa shape index (κ3) is 2.08. The number of nitrogens with zero attached hydrogens (tertiary/aromatic N) is 2. The van der Waals surface area contributed by atoms with Crippen molar-refractivity contribution in [1.82, 2.24) is 9.78 Å². The standard InChI is InChI=1S/C15H18N2O/c1-10(2)12-6-5-11(3)14(7-12)15-13(9-18)8-16-17(15)4/h5-10H,1-4H3. The first kappa shape index (κ1) is 12.6. The number of aromatic nitrogens is 2. The highest BCUT2D eigenvalue weighted by Gasteiger charge is 2.13. The lowest BCUT2D eigenvalue weighted by Gasteiger charge is -2.12. The molecule has 3 heteroatoms. The van der Waals surface area contributed by atoms with E-state index in [1.807, 2.05) is 7.05 Å². The Kier molecular flexibility index (Phi) is 3.32. The van der Waals surface area contributed by atoms with Crippen LogP contribution in [0.1, 0.15) is 41.3 Å². The van der Waals surface area contributed by atoms with Crippen molar-refractivity contribution in [2.75, 3.05) is 0 Å². The van der Waals surface area contributed by atoms with E-state index in [1.54, 1.807) is 10.9 Å². The highest BCUT2D eigenvalue weighted by Crippen LogP contribution is 2.28. The largest absolute Gasteiger partial charge is 0.298 e. The van der Waals surface area contributed by atoms with Crippen LogP contribution in [0.25, 0.3) is 11.3 Å². The molecule has 0 amide bonds. The molecular formula is C15H18N2O. The first-order chi connectivity index (χ1) is 8.54. The van der Waals surface area contributed by atoms with Crippen LogP contribution in [0.2, 0.25) is 0 Å². The Morgan fingerprint density at radius 2 is 2.06 bits per heavy atom. The van der Waals surface area contributed by atoms with Gasteiger partial charge >= 0.3 is 0 Å². The minimum Gasteiger partial charge on any atom is -0.298 e. The number of benzene rings is 1. The first-order valence-corrected chi connectivity index (χ1v) is 6.12. The van der Waals surface area contributed by atoms with Gasteiger partial charge in [0.05, 0.1) is 17.5 Å². The zero-order valence-electron chi connectivity index (χ0n) is 11.3. The summed E-state index contributed by atoms with van der Waals surface area (Å²) in [5, 5.41) is 4.16. The third-order valence-electron chi connectivity index (χ3n) is 3.28. The molecule has 0 aliphatic rings. The monoisotopic (exact) mass is 242 g/mol. The highest BCUT2D eigenvalue weighted by molar-refractivity contribution is 5.86. The molecule has 0 spiro atoms. The van der Waals surface area contributed by atoms with Crippen molar-refractivity contribution in [2.45, 2.75) is 26.7 Å². The summed E-state index contributed by atoms with van der Waals surface area (Å²) in [5.74, 6) is 0.470. The maximum absolute atomic E-state index is 11.1. The molecule has 1 aromatic heterocycles. The van der Waals surface area contributed by atoms with Gasteiger partial charge in [-0.15, -0.1) is 0 Å². The Hall–Kier alpha value is -1.90. The Labute approximate surface area is 107 Å². The average Bonchev–Trinajstić information content (AvgIpc) is 2.71. The molecule has 1 aromatic carbocycles. The first-order valence-electron chi connectivity index (χ1n) is 6.12. The van der Waals surface area contributed by atoms with Crippen LogP contribution >= 0.6 is 0 Å². The van der Waals surface area contributed by atoms with E-state index in [2.05, 4.69) is 44.1 Å². The van der Waals surface area contributed by atoms with Gasteiger partial charge in [0.2, 0.25) is 0 Å². The van der Waals surface area contributed by atoms with E-state index in [4.69, 9.17) is 0 Å². The SMILES string of the molecule is Cc1ccc(C(C)C)cc1-c1c(C=O)cnn1C. The predicted octanol–water partition coefficient (Wildman–Crippen LogP) is 3.33. The zero-order valence-corrected chi connectivity index (χ0v) is 11.3. The van der Waals surface area contributed by atoms with Gasteiger partial charge in [0.15, 0.2) is 6.29 Å². The number of aldehydes is 1. The fraction of sp³-hybridized carbons (Fsp3) is 0.333. The van der Waals surface area contributed by atoms with Gasteiger partial charge in [-0.25, -0.2) is 0 Å². The van der Waals surface area contributed by atoms with Crippen LogP contribution in [0.5, 0.6) is 0 Å². The van der Waals surface area contributed by atoms with Crippen molar-refractivity contribution < 1.29 is 4.79 Å². The number of rotatable bonds is 3. The molecule has 2 aromatic rings. The lowest BCUT2D eigenvalue weighted by atomic mass is 9.95. The van der Waals surface area contributed by atoms with Gasteiger partial charge < -0.3 is 0 Å². The van der Waals surface area contributed by atoms with Crippen molar-refractivity contribution in [3.8, 4) is 11.3 Å². The third-order valence-corrected chi connectivity index (χ3v) is 3.28. The number of aryl methyl sites for hydroxylation is 2. The second kappa shape index (κ2) is 4.77. The Bertz CT molecular complexity index is 582. The summed E-state index contributed by atoms with van der Waals surface area (Å²) in [6, 6.07) is 6.40. The van der Waals surface area contributed by atoms with E-state index in [1.165, 1.54) is 5.56 Å². The molecule has 0 saturated heterocycles. The fourth-order valence-corrected chi connectivity index (χ4v) is 2.12. The summed E-state index contributed by atoms with van der Waals surface area (Å²) >= 11 is 0. The van der Waals surface area contributed by atoms with Gasteiger partial charge in [-0.2, -0.15) is 5.10 Å². The van der Waals surface area contributed by atoms with Crippen molar-refractivity contribution in [3.05, 3.63) is 41.1 Å². The predicted molar refractivity (Wildman–Crippen MR) is 72.9 cm³/mol. The molecule has 0 aliphatic heterocycles. The maximum Gasteiger partial charge on any atom is 0.153 e. The number of hydrogen-bond acceptors (Lipinski definition) is 2. The molecule has 3 nitrogen and oxygen atoms in total. The summed E-state index contributed by atoms with van der Waals surface area (Å²) in [6.45, 7) is 6.39. The van der Waals surface area contributed by atoms with Crippen LogP contribution in [-0.4, -0.2) is 16.1 Å². The lowest BCUT2D eigenvalue weighted by molar-refractivity contribution is 0.112. The second-order valence-electron chi connectivity index (χ2n) is 4.92. The van der Waals surface area contributed by atoms with E-state index in [0.29, 0.717) is 11.5 Å². The van der Waals surface area contributed by atoms with Crippen molar-refractivity contribution in [1.29, 1.82) is 0 Å².